The van der Waals surface area contributed by atoms with Crippen molar-refractivity contribution in [2.75, 3.05) is 0 Å². The second-order valence-electron chi connectivity index (χ2n) is 4.94. The Kier molecular flexibility index (Phi) is 4.02. The zero-order valence-corrected chi connectivity index (χ0v) is 12.4. The van der Waals surface area contributed by atoms with Crippen LogP contribution in [0.5, 0.6) is 5.75 Å². The molecule has 0 aliphatic carbocycles. The molecule has 24 heavy (non-hydrogen) atoms. The van der Waals surface area contributed by atoms with Crippen molar-refractivity contribution in [2.24, 2.45) is 0 Å². The van der Waals surface area contributed by atoms with Crippen LogP contribution in [0.2, 0.25) is 0 Å². The number of amides is 2. The monoisotopic (exact) mass is 327 g/mol. The van der Waals surface area contributed by atoms with Crippen LogP contribution < -0.4 is 16.6 Å². The van der Waals surface area contributed by atoms with E-state index < -0.39 is 17.6 Å². The van der Waals surface area contributed by atoms with Crippen LogP contribution in [0.3, 0.4) is 0 Å². The fraction of sp³-hybridized carbons (Fsp3) is 0.0625. The van der Waals surface area contributed by atoms with Gasteiger partial charge in [0, 0.05) is 0 Å². The molecule has 8 nitrogen and oxygen atoms in total. The van der Waals surface area contributed by atoms with Gasteiger partial charge in [-0.15, -0.1) is 0 Å². The minimum absolute atomic E-state index is 0.0173. The maximum atomic E-state index is 11.9. The lowest BCUT2D eigenvalue weighted by Gasteiger charge is -2.08. The van der Waals surface area contributed by atoms with Crippen molar-refractivity contribution >= 4 is 22.9 Å². The lowest BCUT2D eigenvalue weighted by atomic mass is 10.2. The summed E-state index contributed by atoms with van der Waals surface area (Å²) in [4.78, 5) is 35.6. The predicted molar refractivity (Wildman–Crippen MR) is 84.2 cm³/mol. The van der Waals surface area contributed by atoms with Gasteiger partial charge >= 0.3 is 5.76 Å². The van der Waals surface area contributed by atoms with Crippen molar-refractivity contribution < 1.29 is 19.1 Å². The van der Waals surface area contributed by atoms with Crippen LogP contribution in [0.25, 0.3) is 11.1 Å². The second-order valence-corrected chi connectivity index (χ2v) is 4.94. The van der Waals surface area contributed by atoms with Gasteiger partial charge in [0.15, 0.2) is 5.58 Å². The van der Waals surface area contributed by atoms with Crippen molar-refractivity contribution in [1.82, 2.24) is 15.4 Å². The molecular formula is C16H13N3O5. The van der Waals surface area contributed by atoms with E-state index in [1.165, 1.54) is 12.1 Å². The lowest BCUT2D eigenvalue weighted by Crippen LogP contribution is -2.43. The Hall–Kier alpha value is -3.55. The quantitative estimate of drug-likeness (QED) is 0.615. The molecule has 0 atom stereocenters. The Morgan fingerprint density at radius 2 is 1.75 bits per heavy atom. The molecule has 3 aromatic rings. The zero-order chi connectivity index (χ0) is 17.1. The standard InChI is InChI=1S/C16H13N3O5/c20-12-7-3-1-5-10(12)15(22)18-17-14(21)9-19-11-6-2-4-8-13(11)24-16(19)23/h1-8,20H,9H2,(H,17,21)(H,18,22). The number of phenolic OH excluding ortho intramolecular Hbond substituents is 1. The summed E-state index contributed by atoms with van der Waals surface area (Å²) in [5, 5.41) is 9.58. The summed E-state index contributed by atoms with van der Waals surface area (Å²) in [7, 11) is 0. The maximum Gasteiger partial charge on any atom is 0.420 e. The van der Waals surface area contributed by atoms with E-state index >= 15 is 0 Å². The van der Waals surface area contributed by atoms with Gasteiger partial charge in [-0.3, -0.25) is 25.0 Å². The predicted octanol–water partition coefficient (Wildman–Crippen LogP) is 0.761. The number of hydrogen-bond donors (Lipinski definition) is 3. The fourth-order valence-corrected chi connectivity index (χ4v) is 2.21. The molecule has 122 valence electrons. The molecule has 2 amide bonds. The van der Waals surface area contributed by atoms with Gasteiger partial charge in [-0.2, -0.15) is 0 Å². The molecule has 8 heteroatoms. The van der Waals surface area contributed by atoms with E-state index in [1.807, 2.05) is 0 Å². The number of para-hydroxylation sites is 3. The molecule has 3 rings (SSSR count). The number of rotatable bonds is 3. The molecule has 1 aromatic heterocycles. The summed E-state index contributed by atoms with van der Waals surface area (Å²) in [6.07, 6.45) is 0. The Morgan fingerprint density at radius 3 is 2.54 bits per heavy atom. The smallest absolute Gasteiger partial charge is 0.420 e. The van der Waals surface area contributed by atoms with E-state index in [0.717, 1.165) is 4.57 Å². The Morgan fingerprint density at radius 1 is 1.04 bits per heavy atom. The summed E-state index contributed by atoms with van der Waals surface area (Å²) in [6.45, 7) is -0.323. The van der Waals surface area contributed by atoms with E-state index in [1.54, 1.807) is 36.4 Å². The molecule has 0 unspecified atom stereocenters. The van der Waals surface area contributed by atoms with Crippen molar-refractivity contribution in [3.8, 4) is 5.75 Å². The third kappa shape index (κ3) is 2.98. The van der Waals surface area contributed by atoms with Gasteiger partial charge in [0.25, 0.3) is 11.8 Å². The summed E-state index contributed by atoms with van der Waals surface area (Å²) in [5.74, 6) is -2.17. The van der Waals surface area contributed by atoms with Crippen LogP contribution in [0, 0.1) is 0 Å². The Labute approximate surface area is 135 Å². The molecule has 0 aliphatic rings. The van der Waals surface area contributed by atoms with Crippen LogP contribution in [0.15, 0.2) is 57.7 Å². The van der Waals surface area contributed by atoms with Crippen molar-refractivity contribution in [3.63, 3.8) is 0 Å². The molecule has 3 N–H and O–H groups in total. The number of benzene rings is 2. The molecule has 0 saturated heterocycles. The number of fused-ring (bicyclic) bond motifs is 1. The highest BCUT2D eigenvalue weighted by Gasteiger charge is 2.14. The highest BCUT2D eigenvalue weighted by Crippen LogP contribution is 2.14. The van der Waals surface area contributed by atoms with Crippen LogP contribution in [0.1, 0.15) is 10.4 Å². The van der Waals surface area contributed by atoms with Gasteiger partial charge in [-0.1, -0.05) is 24.3 Å². The summed E-state index contributed by atoms with van der Waals surface area (Å²) < 4.78 is 6.17. The number of oxazole rings is 1. The number of phenols is 1. The van der Waals surface area contributed by atoms with Gasteiger partial charge in [-0.05, 0) is 24.3 Å². The number of aromatic hydroxyl groups is 1. The van der Waals surface area contributed by atoms with Gasteiger partial charge in [-0.25, -0.2) is 4.79 Å². The van der Waals surface area contributed by atoms with Gasteiger partial charge < -0.3 is 9.52 Å². The van der Waals surface area contributed by atoms with Crippen molar-refractivity contribution in [3.05, 3.63) is 64.6 Å². The van der Waals surface area contributed by atoms with Crippen LogP contribution in [0.4, 0.5) is 0 Å². The summed E-state index contributed by atoms with van der Waals surface area (Å²) in [6, 6.07) is 12.6. The number of nitrogens with one attached hydrogen (secondary N) is 2. The van der Waals surface area contributed by atoms with E-state index in [-0.39, 0.29) is 17.9 Å². The second kappa shape index (κ2) is 6.29. The minimum atomic E-state index is -0.675. The largest absolute Gasteiger partial charge is 0.507 e. The van der Waals surface area contributed by atoms with Gasteiger partial charge in [0.1, 0.15) is 12.3 Å². The molecule has 2 aromatic carbocycles. The molecule has 0 saturated carbocycles. The highest BCUT2D eigenvalue weighted by molar-refractivity contribution is 5.97. The number of hydrazine groups is 1. The van der Waals surface area contributed by atoms with Crippen molar-refractivity contribution in [1.29, 1.82) is 0 Å². The molecule has 0 radical (unpaired) electrons. The third-order valence-corrected chi connectivity index (χ3v) is 3.34. The first-order valence-electron chi connectivity index (χ1n) is 7.02. The van der Waals surface area contributed by atoms with Gasteiger partial charge in [0.05, 0.1) is 11.1 Å². The first kappa shape index (κ1) is 15.3. The fourth-order valence-electron chi connectivity index (χ4n) is 2.21. The highest BCUT2D eigenvalue weighted by atomic mass is 16.4. The number of carbonyl (C=O) groups is 2. The van der Waals surface area contributed by atoms with E-state index in [4.69, 9.17) is 4.42 Å². The average molecular weight is 327 g/mol. The van der Waals surface area contributed by atoms with Crippen LogP contribution in [-0.4, -0.2) is 21.5 Å². The number of carbonyl (C=O) groups excluding carboxylic acids is 2. The molecule has 0 aliphatic heterocycles. The summed E-state index contributed by atoms with van der Waals surface area (Å²) >= 11 is 0. The first-order valence-corrected chi connectivity index (χ1v) is 7.02. The molecule has 0 bridgehead atoms. The molecule has 0 spiro atoms. The van der Waals surface area contributed by atoms with Crippen LogP contribution >= 0.6 is 0 Å². The third-order valence-electron chi connectivity index (χ3n) is 3.34. The van der Waals surface area contributed by atoms with Crippen LogP contribution in [-0.2, 0) is 11.3 Å². The number of hydrogen-bond acceptors (Lipinski definition) is 5. The molecule has 0 fully saturated rings. The topological polar surface area (TPSA) is 114 Å². The normalized spacial score (nSPS) is 10.5. The van der Waals surface area contributed by atoms with E-state index in [0.29, 0.717) is 11.1 Å². The summed E-state index contributed by atoms with van der Waals surface area (Å²) in [5.41, 5.74) is 5.23. The lowest BCUT2D eigenvalue weighted by molar-refractivity contribution is -0.122. The zero-order valence-electron chi connectivity index (χ0n) is 12.4. The SMILES string of the molecule is O=C(Cn1c(=O)oc2ccccc21)NNC(=O)c1ccccc1O. The maximum absolute atomic E-state index is 11.9. The molecular weight excluding hydrogens is 314 g/mol. The first-order chi connectivity index (χ1) is 11.6. The van der Waals surface area contributed by atoms with E-state index in [2.05, 4.69) is 10.9 Å². The van der Waals surface area contributed by atoms with Crippen molar-refractivity contribution in [2.45, 2.75) is 6.54 Å². The molecule has 1 heterocycles. The Balaban J connectivity index is 1.68. The minimum Gasteiger partial charge on any atom is -0.507 e. The number of aromatic nitrogens is 1. The average Bonchev–Trinajstić information content (AvgIpc) is 2.89. The Bertz CT molecular complexity index is 973. The van der Waals surface area contributed by atoms with Gasteiger partial charge in [0.2, 0.25) is 0 Å². The van der Waals surface area contributed by atoms with E-state index in [9.17, 15) is 19.5 Å². The number of nitrogens with zero attached hydrogens (tertiary/aromatic N) is 1.